The van der Waals surface area contributed by atoms with E-state index >= 15 is 0 Å². The highest BCUT2D eigenvalue weighted by Crippen LogP contribution is 2.27. The molecule has 1 aliphatic heterocycles. The Morgan fingerprint density at radius 2 is 1.82 bits per heavy atom. The van der Waals surface area contributed by atoms with E-state index in [1.54, 1.807) is 12.3 Å². The first kappa shape index (κ1) is 14.7. The van der Waals surface area contributed by atoms with Crippen LogP contribution in [0.3, 0.4) is 0 Å². The lowest BCUT2D eigenvalue weighted by molar-refractivity contribution is 0.175. The number of nitrogens with zero attached hydrogens (tertiary/aromatic N) is 3. The molecule has 1 fully saturated rings. The molecule has 1 saturated heterocycles. The second kappa shape index (κ2) is 6.72. The lowest BCUT2D eigenvalue weighted by Crippen LogP contribution is -2.32. The van der Waals surface area contributed by atoms with Crippen molar-refractivity contribution >= 4 is 0 Å². The van der Waals surface area contributed by atoms with Gasteiger partial charge < -0.3 is 0 Å². The summed E-state index contributed by atoms with van der Waals surface area (Å²) in [6.07, 6.45) is 5.71. The summed E-state index contributed by atoms with van der Waals surface area (Å²) in [5, 5.41) is 9.20. The number of piperidine rings is 1. The average molecular weight is 291 g/mol. The number of rotatable bonds is 3. The van der Waals surface area contributed by atoms with E-state index in [1.165, 1.54) is 37.9 Å². The summed E-state index contributed by atoms with van der Waals surface area (Å²) in [5.74, 6) is 0. The monoisotopic (exact) mass is 291 g/mol. The summed E-state index contributed by atoms with van der Waals surface area (Å²) < 4.78 is 0. The summed E-state index contributed by atoms with van der Waals surface area (Å²) in [6, 6.07) is 14.8. The zero-order valence-electron chi connectivity index (χ0n) is 13.0. The van der Waals surface area contributed by atoms with Gasteiger partial charge in [-0.3, -0.25) is 9.88 Å². The zero-order chi connectivity index (χ0) is 15.4. The number of pyridine rings is 1. The maximum Gasteiger partial charge on any atom is 0.101 e. The van der Waals surface area contributed by atoms with E-state index < -0.39 is 0 Å². The molecule has 0 saturated carbocycles. The number of benzene rings is 1. The van der Waals surface area contributed by atoms with Crippen molar-refractivity contribution in [1.82, 2.24) is 9.88 Å². The molecule has 0 radical (unpaired) electrons. The van der Waals surface area contributed by atoms with Gasteiger partial charge in [-0.05, 0) is 50.6 Å². The van der Waals surface area contributed by atoms with Gasteiger partial charge in [0.25, 0.3) is 0 Å². The standard InChI is InChI=1S/C19H21N3/c1-15(22-12-3-2-4-13-22)16-7-9-17(10-8-16)19-18(14-20)6-5-11-21-19/h5-11,15H,2-4,12-13H2,1H3. The van der Waals surface area contributed by atoms with Gasteiger partial charge in [0.15, 0.2) is 0 Å². The molecule has 3 nitrogen and oxygen atoms in total. The maximum absolute atomic E-state index is 9.20. The minimum absolute atomic E-state index is 0.452. The Bertz CT molecular complexity index is 664. The first-order valence-electron chi connectivity index (χ1n) is 7.99. The van der Waals surface area contributed by atoms with E-state index in [4.69, 9.17) is 0 Å². The van der Waals surface area contributed by atoms with E-state index in [-0.39, 0.29) is 0 Å². The first-order valence-corrected chi connectivity index (χ1v) is 7.99. The van der Waals surface area contributed by atoms with E-state index in [9.17, 15) is 5.26 Å². The predicted molar refractivity (Wildman–Crippen MR) is 88.2 cm³/mol. The van der Waals surface area contributed by atoms with Crippen molar-refractivity contribution in [3.8, 4) is 17.3 Å². The number of likely N-dealkylation sites (tertiary alicyclic amines) is 1. The van der Waals surface area contributed by atoms with E-state index in [0.29, 0.717) is 11.6 Å². The first-order chi connectivity index (χ1) is 10.8. The molecule has 1 aromatic heterocycles. The molecule has 1 unspecified atom stereocenters. The highest BCUT2D eigenvalue weighted by Gasteiger charge is 2.18. The molecule has 0 spiro atoms. The Balaban J connectivity index is 1.82. The molecule has 0 amide bonds. The third kappa shape index (κ3) is 3.03. The van der Waals surface area contributed by atoms with Crippen molar-refractivity contribution in [1.29, 1.82) is 5.26 Å². The number of hydrogen-bond acceptors (Lipinski definition) is 3. The van der Waals surface area contributed by atoms with Crippen LogP contribution in [0.2, 0.25) is 0 Å². The van der Waals surface area contributed by atoms with Crippen LogP contribution in [-0.4, -0.2) is 23.0 Å². The Labute approximate surface area is 132 Å². The molecule has 0 bridgehead atoms. The van der Waals surface area contributed by atoms with Gasteiger partial charge in [0.05, 0.1) is 11.3 Å². The van der Waals surface area contributed by atoms with Crippen LogP contribution in [0.4, 0.5) is 0 Å². The van der Waals surface area contributed by atoms with Crippen LogP contribution in [0.25, 0.3) is 11.3 Å². The lowest BCUT2D eigenvalue weighted by Gasteiger charge is -2.32. The van der Waals surface area contributed by atoms with Crippen LogP contribution in [0.1, 0.15) is 43.4 Å². The highest BCUT2D eigenvalue weighted by molar-refractivity contribution is 5.66. The Hall–Kier alpha value is -2.18. The summed E-state index contributed by atoms with van der Waals surface area (Å²) in [6.45, 7) is 4.67. The Morgan fingerprint density at radius 3 is 2.50 bits per heavy atom. The molecule has 2 aromatic rings. The van der Waals surface area contributed by atoms with Crippen LogP contribution in [0, 0.1) is 11.3 Å². The minimum Gasteiger partial charge on any atom is -0.297 e. The van der Waals surface area contributed by atoms with Crippen molar-refractivity contribution in [2.24, 2.45) is 0 Å². The van der Waals surface area contributed by atoms with Gasteiger partial charge in [-0.2, -0.15) is 5.26 Å². The molecule has 1 atom stereocenters. The molecule has 0 N–H and O–H groups in total. The fourth-order valence-corrected chi connectivity index (χ4v) is 3.16. The number of hydrogen-bond donors (Lipinski definition) is 0. The van der Waals surface area contributed by atoms with Gasteiger partial charge in [-0.1, -0.05) is 30.7 Å². The third-order valence-corrected chi connectivity index (χ3v) is 4.53. The molecule has 0 aliphatic carbocycles. The van der Waals surface area contributed by atoms with Crippen molar-refractivity contribution in [3.05, 3.63) is 53.7 Å². The van der Waals surface area contributed by atoms with Crippen LogP contribution in [0.15, 0.2) is 42.6 Å². The van der Waals surface area contributed by atoms with Crippen molar-refractivity contribution < 1.29 is 0 Å². The second-order valence-corrected chi connectivity index (χ2v) is 5.91. The van der Waals surface area contributed by atoms with Crippen molar-refractivity contribution in [2.45, 2.75) is 32.2 Å². The average Bonchev–Trinajstić information content (AvgIpc) is 2.62. The molecule has 3 rings (SSSR count). The second-order valence-electron chi connectivity index (χ2n) is 5.91. The molecule has 22 heavy (non-hydrogen) atoms. The fourth-order valence-electron chi connectivity index (χ4n) is 3.16. The molecule has 1 aromatic carbocycles. The van der Waals surface area contributed by atoms with Crippen LogP contribution >= 0.6 is 0 Å². The van der Waals surface area contributed by atoms with Gasteiger partial charge in [-0.15, -0.1) is 0 Å². The Morgan fingerprint density at radius 1 is 1.09 bits per heavy atom. The Kier molecular flexibility index (Phi) is 4.50. The summed E-state index contributed by atoms with van der Waals surface area (Å²) in [5.41, 5.74) is 3.73. The SMILES string of the molecule is CC(c1ccc(-c2ncccc2C#N)cc1)N1CCCCC1. The van der Waals surface area contributed by atoms with Gasteiger partial charge in [0.1, 0.15) is 6.07 Å². The van der Waals surface area contributed by atoms with E-state index in [0.717, 1.165) is 11.3 Å². The summed E-state index contributed by atoms with van der Waals surface area (Å²) >= 11 is 0. The molecular weight excluding hydrogens is 270 g/mol. The van der Waals surface area contributed by atoms with Crippen LogP contribution in [-0.2, 0) is 0 Å². The van der Waals surface area contributed by atoms with Gasteiger partial charge >= 0.3 is 0 Å². The maximum atomic E-state index is 9.20. The van der Waals surface area contributed by atoms with Crippen molar-refractivity contribution in [2.75, 3.05) is 13.1 Å². The lowest BCUT2D eigenvalue weighted by atomic mass is 10.00. The molecule has 3 heteroatoms. The van der Waals surface area contributed by atoms with Crippen molar-refractivity contribution in [3.63, 3.8) is 0 Å². The molecular formula is C19H21N3. The van der Waals surface area contributed by atoms with E-state index in [1.807, 2.05) is 6.07 Å². The normalized spacial score (nSPS) is 16.9. The quantitative estimate of drug-likeness (QED) is 0.852. The van der Waals surface area contributed by atoms with Crippen LogP contribution < -0.4 is 0 Å². The topological polar surface area (TPSA) is 39.9 Å². The smallest absolute Gasteiger partial charge is 0.101 e. The highest BCUT2D eigenvalue weighted by atomic mass is 15.2. The van der Waals surface area contributed by atoms with Gasteiger partial charge in [0.2, 0.25) is 0 Å². The predicted octanol–water partition coefficient (Wildman–Crippen LogP) is 4.17. The molecule has 1 aliphatic rings. The zero-order valence-corrected chi connectivity index (χ0v) is 13.0. The van der Waals surface area contributed by atoms with Crippen LogP contribution in [0.5, 0.6) is 0 Å². The minimum atomic E-state index is 0.452. The van der Waals surface area contributed by atoms with E-state index in [2.05, 4.69) is 47.1 Å². The van der Waals surface area contributed by atoms with Gasteiger partial charge in [0, 0.05) is 17.8 Å². The molecule has 112 valence electrons. The number of nitriles is 1. The number of aromatic nitrogens is 1. The fraction of sp³-hybridized carbons (Fsp3) is 0.368. The largest absolute Gasteiger partial charge is 0.297 e. The third-order valence-electron chi connectivity index (χ3n) is 4.53. The van der Waals surface area contributed by atoms with Gasteiger partial charge in [-0.25, -0.2) is 0 Å². The molecule has 2 heterocycles. The summed E-state index contributed by atoms with van der Waals surface area (Å²) in [7, 11) is 0. The summed E-state index contributed by atoms with van der Waals surface area (Å²) in [4.78, 5) is 6.91.